The van der Waals surface area contributed by atoms with E-state index in [1.807, 2.05) is 0 Å². The summed E-state index contributed by atoms with van der Waals surface area (Å²) in [6.07, 6.45) is 4.25. The highest BCUT2D eigenvalue weighted by atomic mass is 15.3. The minimum absolute atomic E-state index is 0.960. The molecule has 1 aliphatic rings. The van der Waals surface area contributed by atoms with E-state index in [1.54, 1.807) is 0 Å². The molecule has 0 aromatic carbocycles. The highest BCUT2D eigenvalue weighted by Crippen LogP contribution is 2.31. The predicted molar refractivity (Wildman–Crippen MR) is 61.7 cm³/mol. The third kappa shape index (κ3) is 3.06. The number of nitrogens with one attached hydrogen (secondary N) is 1. The van der Waals surface area contributed by atoms with Crippen molar-refractivity contribution in [3.8, 4) is 0 Å². The van der Waals surface area contributed by atoms with E-state index in [2.05, 4.69) is 35.0 Å². The fraction of sp³-hybridized carbons (Fsp3) is 0.750. The molecule has 0 amide bonds. The predicted octanol–water partition coefficient (Wildman–Crippen LogP) is 2.10. The van der Waals surface area contributed by atoms with Crippen molar-refractivity contribution in [3.05, 3.63) is 17.5 Å². The fourth-order valence-corrected chi connectivity index (χ4v) is 1.94. The fourth-order valence-electron chi connectivity index (χ4n) is 1.94. The summed E-state index contributed by atoms with van der Waals surface area (Å²) in [6, 6.07) is 2.17. The molecule has 15 heavy (non-hydrogen) atoms. The van der Waals surface area contributed by atoms with Crippen LogP contribution in [0.25, 0.3) is 0 Å². The Bertz CT molecular complexity index is 313. The molecular formula is C12H21N3. The Morgan fingerprint density at radius 1 is 1.53 bits per heavy atom. The van der Waals surface area contributed by atoms with Crippen molar-refractivity contribution < 1.29 is 0 Å². The van der Waals surface area contributed by atoms with Crippen LogP contribution in [0.1, 0.15) is 37.6 Å². The number of aryl methyl sites for hydroxylation is 2. The van der Waals surface area contributed by atoms with E-state index in [-0.39, 0.29) is 0 Å². The van der Waals surface area contributed by atoms with Gasteiger partial charge in [-0.3, -0.25) is 4.68 Å². The molecule has 0 saturated heterocycles. The van der Waals surface area contributed by atoms with Crippen molar-refractivity contribution in [2.75, 3.05) is 6.54 Å². The summed E-state index contributed by atoms with van der Waals surface area (Å²) in [5.74, 6) is 1.02. The lowest BCUT2D eigenvalue weighted by Crippen LogP contribution is -2.18. The molecule has 0 spiro atoms. The molecule has 84 valence electrons. The minimum atomic E-state index is 0.960. The number of hydrogen-bond acceptors (Lipinski definition) is 2. The van der Waals surface area contributed by atoms with Crippen LogP contribution in [0.2, 0.25) is 0 Å². The number of aromatic nitrogens is 2. The first-order chi connectivity index (χ1) is 7.29. The van der Waals surface area contributed by atoms with E-state index in [9.17, 15) is 0 Å². The Morgan fingerprint density at radius 3 is 3.00 bits per heavy atom. The van der Waals surface area contributed by atoms with E-state index in [1.165, 1.54) is 25.0 Å². The van der Waals surface area contributed by atoms with Crippen LogP contribution in [-0.2, 0) is 13.1 Å². The molecular weight excluding hydrogens is 186 g/mol. The van der Waals surface area contributed by atoms with Gasteiger partial charge < -0.3 is 5.32 Å². The molecule has 2 rings (SSSR count). The van der Waals surface area contributed by atoms with Gasteiger partial charge in [-0.25, -0.2) is 0 Å². The molecule has 3 heteroatoms. The number of nitrogens with zero attached hydrogens (tertiary/aromatic N) is 2. The summed E-state index contributed by atoms with van der Waals surface area (Å²) in [7, 11) is 0. The normalized spacial score (nSPS) is 15.9. The van der Waals surface area contributed by atoms with E-state index in [4.69, 9.17) is 0 Å². The molecule has 3 nitrogen and oxygen atoms in total. The highest BCUT2D eigenvalue weighted by molar-refractivity contribution is 5.08. The lowest BCUT2D eigenvalue weighted by Gasteiger charge is -2.05. The first-order valence-electron chi connectivity index (χ1n) is 6.03. The van der Waals surface area contributed by atoms with Crippen LogP contribution < -0.4 is 5.32 Å². The van der Waals surface area contributed by atoms with Gasteiger partial charge in [0.2, 0.25) is 0 Å². The molecule has 0 aliphatic heterocycles. The van der Waals surface area contributed by atoms with E-state index in [0.29, 0.717) is 0 Å². The van der Waals surface area contributed by atoms with Crippen LogP contribution in [0.3, 0.4) is 0 Å². The van der Waals surface area contributed by atoms with E-state index >= 15 is 0 Å². The summed E-state index contributed by atoms with van der Waals surface area (Å²) in [5.41, 5.74) is 2.43. The zero-order chi connectivity index (χ0) is 10.7. The topological polar surface area (TPSA) is 29.9 Å². The average molecular weight is 207 g/mol. The lowest BCUT2D eigenvalue weighted by atomic mass is 10.3. The lowest BCUT2D eigenvalue weighted by molar-refractivity contribution is 0.560. The zero-order valence-electron chi connectivity index (χ0n) is 9.79. The minimum Gasteiger partial charge on any atom is -0.311 e. The maximum atomic E-state index is 4.43. The van der Waals surface area contributed by atoms with Gasteiger partial charge >= 0.3 is 0 Å². The molecule has 1 saturated carbocycles. The van der Waals surface area contributed by atoms with Crippen molar-refractivity contribution in [2.24, 2.45) is 5.92 Å². The van der Waals surface area contributed by atoms with Gasteiger partial charge in [-0.2, -0.15) is 5.10 Å². The molecule has 1 aliphatic carbocycles. The number of hydrogen-bond donors (Lipinski definition) is 1. The maximum Gasteiger partial charge on any atom is 0.0597 e. The molecule has 0 bridgehead atoms. The van der Waals surface area contributed by atoms with Crippen molar-refractivity contribution in [1.29, 1.82) is 0 Å². The molecule has 1 N–H and O–H groups in total. The van der Waals surface area contributed by atoms with Gasteiger partial charge in [0.1, 0.15) is 0 Å². The van der Waals surface area contributed by atoms with Crippen LogP contribution in [0.15, 0.2) is 6.07 Å². The molecule has 0 unspecified atom stereocenters. The van der Waals surface area contributed by atoms with Gasteiger partial charge in [0, 0.05) is 13.1 Å². The molecule has 1 aromatic heterocycles. The van der Waals surface area contributed by atoms with Crippen molar-refractivity contribution >= 4 is 0 Å². The first kappa shape index (κ1) is 10.7. The smallest absolute Gasteiger partial charge is 0.0597 e. The monoisotopic (exact) mass is 207 g/mol. The van der Waals surface area contributed by atoms with Crippen molar-refractivity contribution in [3.63, 3.8) is 0 Å². The Balaban J connectivity index is 1.75. The van der Waals surface area contributed by atoms with Crippen LogP contribution in [0.4, 0.5) is 0 Å². The van der Waals surface area contributed by atoms with Crippen LogP contribution in [0.5, 0.6) is 0 Å². The zero-order valence-corrected chi connectivity index (χ0v) is 9.79. The summed E-state index contributed by atoms with van der Waals surface area (Å²) in [4.78, 5) is 0. The molecule has 0 atom stereocenters. The van der Waals surface area contributed by atoms with E-state index < -0.39 is 0 Å². The Labute approximate surface area is 91.9 Å². The van der Waals surface area contributed by atoms with Crippen LogP contribution in [-0.4, -0.2) is 16.3 Å². The van der Waals surface area contributed by atoms with Crippen LogP contribution in [0, 0.1) is 12.8 Å². The molecule has 1 aromatic rings. The van der Waals surface area contributed by atoms with Gasteiger partial charge in [-0.05, 0) is 38.8 Å². The Hall–Kier alpha value is -0.830. The standard InChI is InChI=1S/C12H21N3/c1-3-15-12(8-10(2)14-15)9-13-7-6-11-4-5-11/h8,11,13H,3-7,9H2,1-2H3. The maximum absolute atomic E-state index is 4.43. The van der Waals surface area contributed by atoms with Gasteiger partial charge in [-0.1, -0.05) is 12.8 Å². The second-order valence-corrected chi connectivity index (χ2v) is 4.50. The highest BCUT2D eigenvalue weighted by Gasteiger charge is 2.19. The molecule has 1 fully saturated rings. The third-order valence-electron chi connectivity index (χ3n) is 3.02. The number of rotatable bonds is 6. The first-order valence-corrected chi connectivity index (χ1v) is 6.03. The second kappa shape index (κ2) is 4.79. The van der Waals surface area contributed by atoms with Crippen molar-refractivity contribution in [2.45, 2.75) is 46.2 Å². The quantitative estimate of drug-likeness (QED) is 0.724. The summed E-state index contributed by atoms with van der Waals surface area (Å²) < 4.78 is 2.08. The van der Waals surface area contributed by atoms with Gasteiger partial charge in [0.05, 0.1) is 11.4 Å². The molecule has 0 radical (unpaired) electrons. The summed E-state index contributed by atoms with van der Waals surface area (Å²) >= 11 is 0. The van der Waals surface area contributed by atoms with Crippen LogP contribution >= 0.6 is 0 Å². The van der Waals surface area contributed by atoms with Gasteiger partial charge in [-0.15, -0.1) is 0 Å². The molecule has 1 heterocycles. The van der Waals surface area contributed by atoms with Gasteiger partial charge in [0.15, 0.2) is 0 Å². The average Bonchev–Trinajstić information content (AvgIpc) is 2.97. The van der Waals surface area contributed by atoms with Gasteiger partial charge in [0.25, 0.3) is 0 Å². The summed E-state index contributed by atoms with van der Waals surface area (Å²) in [5, 5.41) is 7.93. The van der Waals surface area contributed by atoms with E-state index in [0.717, 1.165) is 31.2 Å². The third-order valence-corrected chi connectivity index (χ3v) is 3.02. The second-order valence-electron chi connectivity index (χ2n) is 4.50. The summed E-state index contributed by atoms with van der Waals surface area (Å²) in [6.45, 7) is 7.27. The Morgan fingerprint density at radius 2 is 2.33 bits per heavy atom. The SMILES string of the molecule is CCn1nc(C)cc1CNCCC1CC1. The van der Waals surface area contributed by atoms with Crippen molar-refractivity contribution in [1.82, 2.24) is 15.1 Å². The largest absolute Gasteiger partial charge is 0.311 e. The Kier molecular flexibility index (Phi) is 3.41.